The van der Waals surface area contributed by atoms with Crippen molar-refractivity contribution < 1.29 is 14.3 Å². The molecule has 0 atom stereocenters. The van der Waals surface area contributed by atoms with Gasteiger partial charge in [-0.25, -0.2) is 0 Å². The van der Waals surface area contributed by atoms with Crippen molar-refractivity contribution in [1.29, 1.82) is 0 Å². The third-order valence-corrected chi connectivity index (χ3v) is 4.41. The smallest absolute Gasteiger partial charge is 0.278 e. The number of carbonyl (C=O) groups excluding carboxylic acids is 2. The van der Waals surface area contributed by atoms with E-state index in [9.17, 15) is 9.59 Å². The van der Waals surface area contributed by atoms with Crippen LogP contribution < -0.4 is 4.74 Å². The van der Waals surface area contributed by atoms with Gasteiger partial charge in [-0.1, -0.05) is 18.2 Å². The number of methoxy groups -OCH3 is 1. The fraction of sp³-hybridized carbons (Fsp3) is 0.444. The second-order valence-corrected chi connectivity index (χ2v) is 6.19. The van der Waals surface area contributed by atoms with Crippen molar-refractivity contribution in [2.24, 2.45) is 0 Å². The summed E-state index contributed by atoms with van der Waals surface area (Å²) in [5.74, 6) is 0.204. The van der Waals surface area contributed by atoms with Crippen LogP contribution in [0.2, 0.25) is 0 Å². The minimum absolute atomic E-state index is 0.167. The number of nitrogens with zero attached hydrogens (tertiary/aromatic N) is 2. The number of amides is 2. The molecule has 2 aliphatic heterocycles. The lowest BCUT2D eigenvalue weighted by Gasteiger charge is -2.22. The van der Waals surface area contributed by atoms with Gasteiger partial charge < -0.3 is 9.64 Å². The molecular weight excluding hydrogens is 292 g/mol. The summed E-state index contributed by atoms with van der Waals surface area (Å²) in [6.45, 7) is 5.36. The summed E-state index contributed by atoms with van der Waals surface area (Å²) < 4.78 is 5.41. The summed E-state index contributed by atoms with van der Waals surface area (Å²) in [4.78, 5) is 29.3. The van der Waals surface area contributed by atoms with Gasteiger partial charge in [0.25, 0.3) is 11.8 Å². The average molecular weight is 314 g/mol. The number of imide groups is 1. The first-order valence-corrected chi connectivity index (χ1v) is 8.06. The highest BCUT2D eigenvalue weighted by molar-refractivity contribution is 6.36. The lowest BCUT2D eigenvalue weighted by Crippen LogP contribution is -2.39. The van der Waals surface area contributed by atoms with E-state index in [-0.39, 0.29) is 17.9 Å². The van der Waals surface area contributed by atoms with E-state index in [0.717, 1.165) is 25.9 Å². The van der Waals surface area contributed by atoms with Gasteiger partial charge in [0, 0.05) is 24.7 Å². The van der Waals surface area contributed by atoms with Crippen LogP contribution in [-0.2, 0) is 9.59 Å². The van der Waals surface area contributed by atoms with Crippen LogP contribution in [0.5, 0.6) is 5.75 Å². The third-order valence-electron chi connectivity index (χ3n) is 4.41. The molecule has 0 aliphatic carbocycles. The van der Waals surface area contributed by atoms with Crippen molar-refractivity contribution in [1.82, 2.24) is 9.80 Å². The molecule has 2 aliphatic rings. The second-order valence-electron chi connectivity index (χ2n) is 6.19. The number of hydrogen-bond acceptors (Lipinski definition) is 4. The average Bonchev–Trinajstić information content (AvgIpc) is 3.13. The molecule has 0 unspecified atom stereocenters. The van der Waals surface area contributed by atoms with Gasteiger partial charge in [-0.2, -0.15) is 0 Å². The molecule has 1 aromatic carbocycles. The summed E-state index contributed by atoms with van der Waals surface area (Å²) in [5, 5.41) is 0. The molecule has 2 amide bonds. The van der Waals surface area contributed by atoms with E-state index in [1.165, 1.54) is 4.90 Å². The van der Waals surface area contributed by atoms with Crippen LogP contribution in [0, 0.1) is 0 Å². The Morgan fingerprint density at radius 2 is 1.70 bits per heavy atom. The first-order valence-electron chi connectivity index (χ1n) is 8.06. The minimum Gasteiger partial charge on any atom is -0.496 e. The first kappa shape index (κ1) is 15.6. The van der Waals surface area contributed by atoms with Crippen LogP contribution in [-0.4, -0.2) is 47.9 Å². The van der Waals surface area contributed by atoms with Crippen LogP contribution in [0.1, 0.15) is 32.3 Å². The van der Waals surface area contributed by atoms with E-state index in [0.29, 0.717) is 22.6 Å². The molecule has 0 N–H and O–H groups in total. The van der Waals surface area contributed by atoms with Crippen LogP contribution in [0.15, 0.2) is 30.0 Å². The molecule has 3 rings (SSSR count). The Balaban J connectivity index is 2.18. The molecule has 0 bridgehead atoms. The standard InChI is InChI=1S/C18H22N2O3/c1-12(2)20-17(21)15(13-8-4-5-9-14(13)23-3)16(18(20)22)19-10-6-7-11-19/h4-5,8-9,12H,6-7,10-11H2,1-3H3. The summed E-state index contributed by atoms with van der Waals surface area (Å²) in [6.07, 6.45) is 2.09. The maximum Gasteiger partial charge on any atom is 0.278 e. The highest BCUT2D eigenvalue weighted by Gasteiger charge is 2.43. The topological polar surface area (TPSA) is 49.9 Å². The first-order chi connectivity index (χ1) is 11.1. The molecule has 1 aromatic rings. The summed E-state index contributed by atoms with van der Waals surface area (Å²) in [6, 6.07) is 7.22. The lowest BCUT2D eigenvalue weighted by molar-refractivity contribution is -0.139. The zero-order valence-electron chi connectivity index (χ0n) is 13.8. The van der Waals surface area contributed by atoms with Crippen molar-refractivity contribution in [2.45, 2.75) is 32.7 Å². The van der Waals surface area contributed by atoms with Gasteiger partial charge in [-0.15, -0.1) is 0 Å². The Bertz CT molecular complexity index is 673. The number of benzene rings is 1. The number of para-hydroxylation sites is 1. The van der Waals surface area contributed by atoms with Gasteiger partial charge >= 0.3 is 0 Å². The van der Waals surface area contributed by atoms with Crippen molar-refractivity contribution in [3.63, 3.8) is 0 Å². The van der Waals surface area contributed by atoms with E-state index in [1.54, 1.807) is 7.11 Å². The number of ether oxygens (including phenoxy) is 1. The molecule has 1 fully saturated rings. The van der Waals surface area contributed by atoms with Crippen LogP contribution in [0.4, 0.5) is 0 Å². The van der Waals surface area contributed by atoms with E-state index in [2.05, 4.69) is 0 Å². The van der Waals surface area contributed by atoms with Gasteiger partial charge in [0.05, 0.1) is 12.7 Å². The summed E-state index contributed by atoms with van der Waals surface area (Å²) in [5.41, 5.74) is 1.70. The third kappa shape index (κ3) is 2.50. The molecule has 122 valence electrons. The Morgan fingerprint density at radius 1 is 1.04 bits per heavy atom. The Labute approximate surface area is 136 Å². The predicted octanol–water partition coefficient (Wildman–Crippen LogP) is 2.28. The van der Waals surface area contributed by atoms with E-state index < -0.39 is 0 Å². The van der Waals surface area contributed by atoms with Crippen LogP contribution in [0.3, 0.4) is 0 Å². The van der Waals surface area contributed by atoms with Gasteiger partial charge in [-0.05, 0) is 32.8 Å². The van der Waals surface area contributed by atoms with E-state index in [1.807, 2.05) is 43.0 Å². The highest BCUT2D eigenvalue weighted by atomic mass is 16.5. The molecule has 2 heterocycles. The van der Waals surface area contributed by atoms with Crippen molar-refractivity contribution in [3.8, 4) is 5.75 Å². The van der Waals surface area contributed by atoms with Gasteiger partial charge in [-0.3, -0.25) is 14.5 Å². The van der Waals surface area contributed by atoms with E-state index >= 15 is 0 Å². The predicted molar refractivity (Wildman–Crippen MR) is 87.7 cm³/mol. The number of likely N-dealkylation sites (tertiary alicyclic amines) is 1. The molecular formula is C18H22N2O3. The molecule has 23 heavy (non-hydrogen) atoms. The molecule has 0 saturated carbocycles. The second kappa shape index (κ2) is 6.07. The molecule has 5 nitrogen and oxygen atoms in total. The number of rotatable bonds is 4. The van der Waals surface area contributed by atoms with Crippen LogP contribution in [0.25, 0.3) is 5.57 Å². The summed E-state index contributed by atoms with van der Waals surface area (Å²) >= 11 is 0. The normalized spacial score (nSPS) is 18.6. The van der Waals surface area contributed by atoms with Crippen LogP contribution >= 0.6 is 0 Å². The monoisotopic (exact) mass is 314 g/mol. The lowest BCUT2D eigenvalue weighted by atomic mass is 10.0. The largest absolute Gasteiger partial charge is 0.496 e. The molecule has 1 saturated heterocycles. The van der Waals surface area contributed by atoms with E-state index in [4.69, 9.17) is 4.74 Å². The maximum absolute atomic E-state index is 13.0. The SMILES string of the molecule is COc1ccccc1C1=C(N2CCCC2)C(=O)N(C(C)C)C1=O. The quantitative estimate of drug-likeness (QED) is 0.800. The van der Waals surface area contributed by atoms with Crippen molar-refractivity contribution >= 4 is 17.4 Å². The Kier molecular flexibility index (Phi) is 4.11. The Hall–Kier alpha value is -2.30. The fourth-order valence-corrected chi connectivity index (χ4v) is 3.33. The number of hydrogen-bond donors (Lipinski definition) is 0. The maximum atomic E-state index is 13.0. The van der Waals surface area contributed by atoms with Crippen molar-refractivity contribution in [2.75, 3.05) is 20.2 Å². The molecule has 0 spiro atoms. The zero-order chi connectivity index (χ0) is 16.6. The minimum atomic E-state index is -0.226. The Morgan fingerprint density at radius 3 is 2.30 bits per heavy atom. The van der Waals surface area contributed by atoms with Crippen molar-refractivity contribution in [3.05, 3.63) is 35.5 Å². The fourth-order valence-electron chi connectivity index (χ4n) is 3.33. The van der Waals surface area contributed by atoms with Gasteiger partial charge in [0.15, 0.2) is 0 Å². The zero-order valence-corrected chi connectivity index (χ0v) is 13.8. The van der Waals surface area contributed by atoms with Gasteiger partial charge in [0.2, 0.25) is 0 Å². The molecule has 0 aromatic heterocycles. The molecule has 0 radical (unpaired) electrons. The van der Waals surface area contributed by atoms with Gasteiger partial charge in [0.1, 0.15) is 11.4 Å². The summed E-state index contributed by atoms with van der Waals surface area (Å²) in [7, 11) is 1.58. The number of carbonyl (C=O) groups is 2. The highest BCUT2D eigenvalue weighted by Crippen LogP contribution is 2.37. The molecule has 5 heteroatoms.